The van der Waals surface area contributed by atoms with Gasteiger partial charge in [-0.25, -0.2) is 0 Å². The van der Waals surface area contributed by atoms with Crippen molar-refractivity contribution < 1.29 is 9.21 Å². The average molecular weight is 141 g/mol. The van der Waals surface area contributed by atoms with Crippen molar-refractivity contribution in [2.24, 2.45) is 0 Å². The summed E-state index contributed by atoms with van der Waals surface area (Å²) in [4.78, 5) is 12.3. The van der Waals surface area contributed by atoms with Crippen LogP contribution in [-0.4, -0.2) is 35.1 Å². The predicted molar refractivity (Wildman–Crippen MR) is 32.3 cm³/mol. The molecule has 0 aliphatic heterocycles. The van der Waals surface area contributed by atoms with E-state index in [4.69, 9.17) is 0 Å². The molecular weight excluding hydrogens is 134 g/mol. The molecule has 10 heavy (non-hydrogen) atoms. The number of hydrogen-bond donors (Lipinski definition) is 0. The second-order valence-electron chi connectivity index (χ2n) is 1.94. The van der Waals surface area contributed by atoms with Gasteiger partial charge in [0.15, 0.2) is 0 Å². The smallest absolute Gasteiger partial charge is 0.310 e. The average Bonchev–Trinajstić information content (AvgIpc) is 2.36. The van der Waals surface area contributed by atoms with E-state index in [1.54, 1.807) is 14.1 Å². The Labute approximate surface area is 57.6 Å². The quantitative estimate of drug-likeness (QED) is 0.542. The van der Waals surface area contributed by atoms with Crippen molar-refractivity contribution in [1.82, 2.24) is 15.1 Å². The van der Waals surface area contributed by atoms with E-state index >= 15 is 0 Å². The van der Waals surface area contributed by atoms with Crippen LogP contribution < -0.4 is 0 Å². The minimum Gasteiger partial charge on any atom is -0.420 e. The summed E-state index contributed by atoms with van der Waals surface area (Å²) in [5.74, 6) is -0.262. The maximum atomic E-state index is 10.9. The molecule has 0 fully saturated rings. The largest absolute Gasteiger partial charge is 0.420 e. The Hall–Kier alpha value is -1.39. The molecule has 0 saturated heterocycles. The number of carbonyl (C=O) groups excluding carboxylic acids is 1. The second kappa shape index (κ2) is 2.47. The summed E-state index contributed by atoms with van der Waals surface area (Å²) in [7, 11) is 3.24. The molecule has 0 spiro atoms. The SMILES string of the molecule is CN(C)C(=O)c1nnco1. The first-order valence-corrected chi connectivity index (χ1v) is 2.69. The molecule has 1 rings (SSSR count). The number of carbonyl (C=O) groups is 1. The minimum atomic E-state index is -0.280. The first kappa shape index (κ1) is 6.73. The van der Waals surface area contributed by atoms with Gasteiger partial charge in [-0.2, -0.15) is 0 Å². The summed E-state index contributed by atoms with van der Waals surface area (Å²) in [6.45, 7) is 0. The highest BCUT2D eigenvalue weighted by molar-refractivity contribution is 5.88. The molecular formula is C5H7N3O2. The standard InChI is InChI=1S/C5H7N3O2/c1-8(2)5(9)4-7-6-3-10-4/h3H,1-2H3. The molecule has 5 heteroatoms. The van der Waals surface area contributed by atoms with E-state index in [9.17, 15) is 4.79 Å². The van der Waals surface area contributed by atoms with Gasteiger partial charge in [-0.1, -0.05) is 0 Å². The van der Waals surface area contributed by atoms with E-state index in [0.717, 1.165) is 6.39 Å². The molecule has 0 saturated carbocycles. The molecule has 0 bridgehead atoms. The highest BCUT2D eigenvalue weighted by Gasteiger charge is 2.12. The minimum absolute atomic E-state index is 0.0185. The molecule has 54 valence electrons. The lowest BCUT2D eigenvalue weighted by Gasteiger charge is -2.04. The van der Waals surface area contributed by atoms with Crippen molar-refractivity contribution >= 4 is 5.91 Å². The Morgan fingerprint density at radius 1 is 1.70 bits per heavy atom. The van der Waals surface area contributed by atoms with Crippen LogP contribution >= 0.6 is 0 Å². The molecule has 0 N–H and O–H groups in total. The fraction of sp³-hybridized carbons (Fsp3) is 0.400. The number of hydrogen-bond acceptors (Lipinski definition) is 4. The van der Waals surface area contributed by atoms with E-state index in [1.807, 2.05) is 0 Å². The van der Waals surface area contributed by atoms with Crippen LogP contribution in [0.1, 0.15) is 10.7 Å². The molecule has 0 aliphatic rings. The number of rotatable bonds is 1. The number of amides is 1. The molecule has 0 radical (unpaired) electrons. The van der Waals surface area contributed by atoms with Gasteiger partial charge in [-0.3, -0.25) is 4.79 Å². The van der Waals surface area contributed by atoms with Crippen molar-refractivity contribution in [3.05, 3.63) is 12.3 Å². The molecule has 1 aromatic heterocycles. The van der Waals surface area contributed by atoms with E-state index in [1.165, 1.54) is 4.90 Å². The van der Waals surface area contributed by atoms with Crippen LogP contribution in [0.25, 0.3) is 0 Å². The van der Waals surface area contributed by atoms with E-state index in [0.29, 0.717) is 0 Å². The summed E-state index contributed by atoms with van der Waals surface area (Å²) in [5, 5.41) is 6.79. The van der Waals surface area contributed by atoms with E-state index in [-0.39, 0.29) is 11.8 Å². The lowest BCUT2D eigenvalue weighted by Crippen LogP contribution is -2.21. The predicted octanol–water partition coefficient (Wildman–Crippen LogP) is -0.229. The summed E-state index contributed by atoms with van der Waals surface area (Å²) in [6, 6.07) is 0. The van der Waals surface area contributed by atoms with Crippen LogP contribution in [0.4, 0.5) is 0 Å². The van der Waals surface area contributed by atoms with Gasteiger partial charge < -0.3 is 9.32 Å². The van der Waals surface area contributed by atoms with Crippen molar-refractivity contribution in [2.45, 2.75) is 0 Å². The first-order chi connectivity index (χ1) is 4.72. The zero-order valence-corrected chi connectivity index (χ0v) is 5.74. The van der Waals surface area contributed by atoms with Crippen LogP contribution in [0.3, 0.4) is 0 Å². The Morgan fingerprint density at radius 2 is 2.40 bits per heavy atom. The van der Waals surface area contributed by atoms with Gasteiger partial charge in [0.25, 0.3) is 0 Å². The highest BCUT2D eigenvalue weighted by atomic mass is 16.4. The molecule has 0 atom stereocenters. The molecule has 1 heterocycles. The Kier molecular flexibility index (Phi) is 1.66. The lowest BCUT2D eigenvalue weighted by atomic mass is 10.6. The molecule has 1 aromatic rings. The number of aromatic nitrogens is 2. The van der Waals surface area contributed by atoms with Crippen molar-refractivity contribution in [3.8, 4) is 0 Å². The van der Waals surface area contributed by atoms with Gasteiger partial charge in [0, 0.05) is 14.1 Å². The summed E-state index contributed by atoms with van der Waals surface area (Å²) >= 11 is 0. The van der Waals surface area contributed by atoms with E-state index in [2.05, 4.69) is 14.6 Å². The van der Waals surface area contributed by atoms with Crippen LogP contribution in [0.15, 0.2) is 10.8 Å². The topological polar surface area (TPSA) is 59.2 Å². The third-order valence-electron chi connectivity index (χ3n) is 0.949. The third-order valence-corrected chi connectivity index (χ3v) is 0.949. The molecule has 0 aromatic carbocycles. The van der Waals surface area contributed by atoms with Gasteiger partial charge in [-0.05, 0) is 0 Å². The lowest BCUT2D eigenvalue weighted by molar-refractivity contribution is 0.0789. The Balaban J connectivity index is 2.78. The monoisotopic (exact) mass is 141 g/mol. The number of nitrogens with zero attached hydrogens (tertiary/aromatic N) is 3. The van der Waals surface area contributed by atoms with Crippen LogP contribution in [0, 0.1) is 0 Å². The van der Waals surface area contributed by atoms with Crippen LogP contribution in [0.5, 0.6) is 0 Å². The summed E-state index contributed by atoms with van der Waals surface area (Å²) in [5.41, 5.74) is 0. The summed E-state index contributed by atoms with van der Waals surface area (Å²) in [6.07, 6.45) is 1.12. The third kappa shape index (κ3) is 1.12. The van der Waals surface area contributed by atoms with Crippen molar-refractivity contribution in [2.75, 3.05) is 14.1 Å². The zero-order valence-electron chi connectivity index (χ0n) is 5.74. The van der Waals surface area contributed by atoms with Gasteiger partial charge in [-0.15, -0.1) is 10.2 Å². The zero-order chi connectivity index (χ0) is 7.56. The summed E-state index contributed by atoms with van der Waals surface area (Å²) < 4.78 is 4.64. The van der Waals surface area contributed by atoms with Gasteiger partial charge in [0.1, 0.15) is 0 Å². The normalized spacial score (nSPS) is 9.40. The van der Waals surface area contributed by atoms with Crippen molar-refractivity contribution in [3.63, 3.8) is 0 Å². The first-order valence-electron chi connectivity index (χ1n) is 2.69. The van der Waals surface area contributed by atoms with Crippen LogP contribution in [0.2, 0.25) is 0 Å². The van der Waals surface area contributed by atoms with Crippen molar-refractivity contribution in [1.29, 1.82) is 0 Å². The molecule has 1 amide bonds. The van der Waals surface area contributed by atoms with Gasteiger partial charge in [0.2, 0.25) is 6.39 Å². The highest BCUT2D eigenvalue weighted by Crippen LogP contribution is 1.94. The molecule has 0 unspecified atom stereocenters. The fourth-order valence-electron chi connectivity index (χ4n) is 0.458. The second-order valence-corrected chi connectivity index (χ2v) is 1.94. The Bertz CT molecular complexity index is 217. The maximum Gasteiger partial charge on any atom is 0.310 e. The fourth-order valence-corrected chi connectivity index (χ4v) is 0.458. The molecule has 0 aliphatic carbocycles. The Morgan fingerprint density at radius 3 is 2.80 bits per heavy atom. The van der Waals surface area contributed by atoms with E-state index < -0.39 is 0 Å². The maximum absolute atomic E-state index is 10.9. The van der Waals surface area contributed by atoms with Crippen LogP contribution in [-0.2, 0) is 0 Å². The molecule has 5 nitrogen and oxygen atoms in total. The van der Waals surface area contributed by atoms with Gasteiger partial charge in [0.05, 0.1) is 0 Å². The van der Waals surface area contributed by atoms with Gasteiger partial charge >= 0.3 is 11.8 Å².